The topological polar surface area (TPSA) is 38.7 Å². The summed E-state index contributed by atoms with van der Waals surface area (Å²) >= 11 is 0. The van der Waals surface area contributed by atoms with Gasteiger partial charge in [0, 0.05) is 0 Å². The molecule has 17 heavy (non-hydrogen) atoms. The number of para-hydroxylation sites is 2. The molecule has 0 unspecified atom stereocenters. The van der Waals surface area contributed by atoms with E-state index in [1.807, 2.05) is 24.3 Å². The number of hydrogen-bond acceptors (Lipinski definition) is 3. The minimum Gasteiger partial charge on any atom is -0.457 e. The van der Waals surface area contributed by atoms with Crippen LogP contribution in [0.2, 0.25) is 0 Å². The first kappa shape index (κ1) is 10.7. The lowest BCUT2D eigenvalue weighted by Gasteiger charge is -2.34. The molecule has 1 aliphatic carbocycles. The van der Waals surface area contributed by atoms with E-state index >= 15 is 0 Å². The van der Waals surface area contributed by atoms with E-state index in [1.165, 1.54) is 6.42 Å². The van der Waals surface area contributed by atoms with Crippen molar-refractivity contribution in [1.82, 2.24) is 0 Å². The smallest absolute Gasteiger partial charge is 0.171 e. The van der Waals surface area contributed by atoms with Crippen LogP contribution < -0.4 is 9.47 Å². The highest BCUT2D eigenvalue weighted by molar-refractivity contribution is 5.43. The van der Waals surface area contributed by atoms with Gasteiger partial charge in [-0.15, -0.1) is 0 Å². The fourth-order valence-corrected chi connectivity index (χ4v) is 2.48. The van der Waals surface area contributed by atoms with E-state index in [0.29, 0.717) is 17.3 Å². The average molecular weight is 232 g/mol. The van der Waals surface area contributed by atoms with Gasteiger partial charge in [0.05, 0.1) is 0 Å². The molecule has 3 rings (SSSR count). The molecular weight excluding hydrogens is 216 g/mol. The van der Waals surface area contributed by atoms with Gasteiger partial charge in [-0.1, -0.05) is 31.4 Å². The number of ether oxygens (including phenoxy) is 2. The number of fused-ring (bicyclic) bond motifs is 1. The third-order valence-electron chi connectivity index (χ3n) is 3.50. The van der Waals surface area contributed by atoms with Gasteiger partial charge in [0.1, 0.15) is 11.9 Å². The van der Waals surface area contributed by atoms with Gasteiger partial charge in [-0.05, 0) is 25.0 Å². The lowest BCUT2D eigenvalue weighted by atomic mass is 9.83. The van der Waals surface area contributed by atoms with Gasteiger partial charge in [0.2, 0.25) is 0 Å². The van der Waals surface area contributed by atoms with Gasteiger partial charge in [-0.25, -0.2) is 0 Å². The predicted molar refractivity (Wildman–Crippen MR) is 63.8 cm³/mol. The Morgan fingerprint density at radius 1 is 1.00 bits per heavy atom. The first-order chi connectivity index (χ1) is 8.28. The minimum absolute atomic E-state index is 0.552. The summed E-state index contributed by atoms with van der Waals surface area (Å²) < 4.78 is 11.3. The van der Waals surface area contributed by atoms with E-state index in [0.717, 1.165) is 25.7 Å². The van der Waals surface area contributed by atoms with E-state index in [-0.39, 0.29) is 0 Å². The molecule has 0 atom stereocenters. The molecule has 0 saturated heterocycles. The lowest BCUT2D eigenvalue weighted by molar-refractivity contribution is 0.00187. The molecule has 0 amide bonds. The SMILES string of the molecule is OC1(C2=COc3ccccc3O2)CCCCC1. The zero-order valence-electron chi connectivity index (χ0n) is 9.69. The molecule has 3 heteroatoms. The molecule has 1 N–H and O–H groups in total. The van der Waals surface area contributed by atoms with Crippen LogP contribution in [-0.4, -0.2) is 10.7 Å². The van der Waals surface area contributed by atoms with Crippen molar-refractivity contribution >= 4 is 0 Å². The second kappa shape index (κ2) is 4.08. The largest absolute Gasteiger partial charge is 0.457 e. The molecule has 1 heterocycles. The first-order valence-corrected chi connectivity index (χ1v) is 6.14. The third kappa shape index (κ3) is 1.91. The van der Waals surface area contributed by atoms with Crippen molar-refractivity contribution in [3.05, 3.63) is 36.3 Å². The summed E-state index contributed by atoms with van der Waals surface area (Å²) in [5.41, 5.74) is -0.841. The van der Waals surface area contributed by atoms with E-state index < -0.39 is 5.60 Å². The van der Waals surface area contributed by atoms with Crippen LogP contribution >= 0.6 is 0 Å². The monoisotopic (exact) mass is 232 g/mol. The zero-order valence-corrected chi connectivity index (χ0v) is 9.69. The maximum absolute atomic E-state index is 10.5. The molecule has 0 aromatic heterocycles. The van der Waals surface area contributed by atoms with Gasteiger partial charge in [-0.2, -0.15) is 0 Å². The van der Waals surface area contributed by atoms with Crippen LogP contribution in [-0.2, 0) is 0 Å². The molecule has 1 aliphatic heterocycles. The van der Waals surface area contributed by atoms with Gasteiger partial charge < -0.3 is 14.6 Å². The highest BCUT2D eigenvalue weighted by atomic mass is 16.6. The summed E-state index contributed by atoms with van der Waals surface area (Å²) in [6, 6.07) is 7.51. The van der Waals surface area contributed by atoms with Crippen molar-refractivity contribution in [3.63, 3.8) is 0 Å². The number of aliphatic hydroxyl groups is 1. The van der Waals surface area contributed by atoms with E-state index in [1.54, 1.807) is 6.26 Å². The summed E-state index contributed by atoms with van der Waals surface area (Å²) in [5.74, 6) is 1.94. The third-order valence-corrected chi connectivity index (χ3v) is 3.50. The molecule has 1 fully saturated rings. The highest BCUT2D eigenvalue weighted by Gasteiger charge is 2.37. The Bertz CT molecular complexity index is 445. The molecule has 0 radical (unpaired) electrons. The summed E-state index contributed by atoms with van der Waals surface area (Å²) in [4.78, 5) is 0. The lowest BCUT2D eigenvalue weighted by Crippen LogP contribution is -2.37. The number of rotatable bonds is 1. The quantitative estimate of drug-likeness (QED) is 0.809. The van der Waals surface area contributed by atoms with E-state index in [9.17, 15) is 5.11 Å². The van der Waals surface area contributed by atoms with Crippen LogP contribution in [0.5, 0.6) is 11.5 Å². The summed E-state index contributed by atoms with van der Waals surface area (Å²) in [7, 11) is 0. The predicted octanol–water partition coefficient (Wildman–Crippen LogP) is 2.99. The van der Waals surface area contributed by atoms with Crippen LogP contribution in [0.3, 0.4) is 0 Å². The maximum Gasteiger partial charge on any atom is 0.171 e. The Balaban J connectivity index is 1.85. The highest BCUT2D eigenvalue weighted by Crippen LogP contribution is 2.40. The average Bonchev–Trinajstić information content (AvgIpc) is 2.39. The van der Waals surface area contributed by atoms with Crippen molar-refractivity contribution in [2.45, 2.75) is 37.7 Å². The Morgan fingerprint density at radius 2 is 1.71 bits per heavy atom. The summed E-state index contributed by atoms with van der Waals surface area (Å²) in [6.07, 6.45) is 6.33. The van der Waals surface area contributed by atoms with Crippen LogP contribution in [0.15, 0.2) is 36.3 Å². The minimum atomic E-state index is -0.841. The molecule has 1 aromatic rings. The maximum atomic E-state index is 10.5. The first-order valence-electron chi connectivity index (χ1n) is 6.14. The van der Waals surface area contributed by atoms with Gasteiger partial charge in [0.25, 0.3) is 0 Å². The van der Waals surface area contributed by atoms with Crippen LogP contribution in [0, 0.1) is 0 Å². The van der Waals surface area contributed by atoms with Crippen molar-refractivity contribution in [1.29, 1.82) is 0 Å². The fourth-order valence-electron chi connectivity index (χ4n) is 2.48. The number of benzene rings is 1. The zero-order chi connectivity index (χ0) is 11.7. The Morgan fingerprint density at radius 3 is 2.47 bits per heavy atom. The molecule has 90 valence electrons. The molecule has 3 nitrogen and oxygen atoms in total. The summed E-state index contributed by atoms with van der Waals surface area (Å²) in [5, 5.41) is 10.5. The van der Waals surface area contributed by atoms with E-state index in [4.69, 9.17) is 9.47 Å². The number of hydrogen-bond donors (Lipinski definition) is 1. The standard InChI is InChI=1S/C14H16O3/c15-14(8-4-1-5-9-14)13-10-16-11-6-2-3-7-12(11)17-13/h2-3,6-7,10,15H,1,4-5,8-9H2. The van der Waals surface area contributed by atoms with Gasteiger partial charge in [-0.3, -0.25) is 0 Å². The van der Waals surface area contributed by atoms with Crippen molar-refractivity contribution in [3.8, 4) is 11.5 Å². The van der Waals surface area contributed by atoms with Crippen LogP contribution in [0.1, 0.15) is 32.1 Å². The second-order valence-corrected chi connectivity index (χ2v) is 4.74. The van der Waals surface area contributed by atoms with Crippen molar-refractivity contribution in [2.75, 3.05) is 0 Å². The van der Waals surface area contributed by atoms with Gasteiger partial charge >= 0.3 is 0 Å². The Hall–Kier alpha value is -1.48. The molecular formula is C14H16O3. The second-order valence-electron chi connectivity index (χ2n) is 4.74. The summed E-state index contributed by atoms with van der Waals surface area (Å²) in [6.45, 7) is 0. The van der Waals surface area contributed by atoms with E-state index in [2.05, 4.69) is 0 Å². The normalized spacial score (nSPS) is 21.8. The molecule has 1 saturated carbocycles. The van der Waals surface area contributed by atoms with Crippen molar-refractivity contribution < 1.29 is 14.6 Å². The molecule has 1 aromatic carbocycles. The molecule has 0 spiro atoms. The van der Waals surface area contributed by atoms with Crippen LogP contribution in [0.25, 0.3) is 0 Å². The Kier molecular flexibility index (Phi) is 2.56. The van der Waals surface area contributed by atoms with Crippen molar-refractivity contribution in [2.24, 2.45) is 0 Å². The molecule has 0 bridgehead atoms. The molecule has 2 aliphatic rings. The fraction of sp³-hybridized carbons (Fsp3) is 0.429. The van der Waals surface area contributed by atoms with Crippen LogP contribution in [0.4, 0.5) is 0 Å². The van der Waals surface area contributed by atoms with Gasteiger partial charge in [0.15, 0.2) is 17.3 Å². The Labute approximate surface area is 101 Å².